The van der Waals surface area contributed by atoms with Crippen molar-refractivity contribution >= 4 is 23.2 Å². The molecule has 0 spiro atoms. The van der Waals surface area contributed by atoms with E-state index in [0.717, 1.165) is 18.8 Å². The molecule has 0 saturated carbocycles. The van der Waals surface area contributed by atoms with E-state index in [9.17, 15) is 9.59 Å². The highest BCUT2D eigenvalue weighted by molar-refractivity contribution is 6.17. The third-order valence-corrected chi connectivity index (χ3v) is 3.29. The molecule has 0 aliphatic carbocycles. The van der Waals surface area contributed by atoms with Gasteiger partial charge in [-0.15, -0.1) is 0 Å². The summed E-state index contributed by atoms with van der Waals surface area (Å²) in [7, 11) is 0. The lowest BCUT2D eigenvalue weighted by molar-refractivity contribution is -0.127. The number of nitrogens with one attached hydrogen (secondary N) is 1. The number of anilines is 2. The van der Waals surface area contributed by atoms with Gasteiger partial charge in [0.05, 0.1) is 18.8 Å². The number of imide groups is 1. The molecule has 1 fully saturated rings. The van der Waals surface area contributed by atoms with E-state index in [0.29, 0.717) is 5.69 Å². The van der Waals surface area contributed by atoms with Crippen LogP contribution in [0.1, 0.15) is 13.8 Å². The number of amides is 2. The van der Waals surface area contributed by atoms with E-state index in [2.05, 4.69) is 24.1 Å². The SMILES string of the molecule is CCN(CC)c1ccc(N2C(=O)CNCC2=O)cc1. The Hall–Kier alpha value is -1.88. The number of hydrogen-bond acceptors (Lipinski definition) is 4. The minimum absolute atomic E-state index is 0.202. The van der Waals surface area contributed by atoms with Crippen LogP contribution in [0.15, 0.2) is 24.3 Å². The first-order valence-electron chi connectivity index (χ1n) is 6.58. The fourth-order valence-corrected chi connectivity index (χ4v) is 2.26. The summed E-state index contributed by atoms with van der Waals surface area (Å²) in [6.45, 7) is 6.48. The van der Waals surface area contributed by atoms with Gasteiger partial charge in [-0.2, -0.15) is 0 Å². The van der Waals surface area contributed by atoms with E-state index < -0.39 is 0 Å². The second kappa shape index (κ2) is 5.84. The van der Waals surface area contributed by atoms with E-state index in [1.807, 2.05) is 24.3 Å². The molecule has 0 atom stereocenters. The van der Waals surface area contributed by atoms with E-state index in [1.165, 1.54) is 4.90 Å². The predicted octanol–water partition coefficient (Wildman–Crippen LogP) is 0.996. The summed E-state index contributed by atoms with van der Waals surface area (Å²) in [5.41, 5.74) is 1.75. The number of rotatable bonds is 4. The van der Waals surface area contributed by atoms with Crippen molar-refractivity contribution in [2.45, 2.75) is 13.8 Å². The number of carbonyl (C=O) groups excluding carboxylic acids is 2. The summed E-state index contributed by atoms with van der Waals surface area (Å²) in [4.78, 5) is 27.0. The zero-order valence-corrected chi connectivity index (χ0v) is 11.3. The van der Waals surface area contributed by atoms with Crippen LogP contribution in [0.4, 0.5) is 11.4 Å². The molecular formula is C14H19N3O2. The molecule has 5 heteroatoms. The summed E-state index contributed by atoms with van der Waals surface area (Å²) in [6, 6.07) is 7.55. The molecule has 0 unspecified atom stereocenters. The Morgan fingerprint density at radius 2 is 1.58 bits per heavy atom. The number of nitrogens with zero attached hydrogens (tertiary/aromatic N) is 2. The second-order valence-corrected chi connectivity index (χ2v) is 4.42. The predicted molar refractivity (Wildman–Crippen MR) is 75.4 cm³/mol. The maximum absolute atomic E-state index is 11.8. The highest BCUT2D eigenvalue weighted by atomic mass is 16.2. The third kappa shape index (κ3) is 2.76. The average molecular weight is 261 g/mol. The van der Waals surface area contributed by atoms with Crippen molar-refractivity contribution in [1.82, 2.24) is 5.32 Å². The maximum atomic E-state index is 11.8. The van der Waals surface area contributed by atoms with Gasteiger partial charge in [0.1, 0.15) is 0 Å². The highest BCUT2D eigenvalue weighted by Crippen LogP contribution is 2.21. The molecule has 0 aromatic heterocycles. The fraction of sp³-hybridized carbons (Fsp3) is 0.429. The summed E-state index contributed by atoms with van der Waals surface area (Å²) in [5, 5.41) is 2.78. The van der Waals surface area contributed by atoms with Crippen LogP contribution in [0.5, 0.6) is 0 Å². The van der Waals surface area contributed by atoms with Gasteiger partial charge in [-0.1, -0.05) is 0 Å². The Kier molecular flexibility index (Phi) is 4.16. The smallest absolute Gasteiger partial charge is 0.247 e. The van der Waals surface area contributed by atoms with Gasteiger partial charge in [0.25, 0.3) is 0 Å². The Bertz CT molecular complexity index is 450. The van der Waals surface area contributed by atoms with Crippen LogP contribution >= 0.6 is 0 Å². The van der Waals surface area contributed by atoms with Crippen molar-refractivity contribution in [2.24, 2.45) is 0 Å². The number of carbonyl (C=O) groups is 2. The molecule has 19 heavy (non-hydrogen) atoms. The van der Waals surface area contributed by atoms with Crippen molar-refractivity contribution in [1.29, 1.82) is 0 Å². The molecule has 1 N–H and O–H groups in total. The van der Waals surface area contributed by atoms with Gasteiger partial charge >= 0.3 is 0 Å². The average Bonchev–Trinajstić information content (AvgIpc) is 2.41. The molecule has 1 aromatic rings. The first-order chi connectivity index (χ1) is 9.17. The molecule has 5 nitrogen and oxygen atoms in total. The van der Waals surface area contributed by atoms with Crippen molar-refractivity contribution in [3.63, 3.8) is 0 Å². The first-order valence-corrected chi connectivity index (χ1v) is 6.58. The van der Waals surface area contributed by atoms with Crippen LogP contribution in [0.2, 0.25) is 0 Å². The molecule has 1 saturated heterocycles. The molecule has 1 aliphatic rings. The molecular weight excluding hydrogens is 242 g/mol. The Morgan fingerprint density at radius 3 is 2.05 bits per heavy atom. The standard InChI is InChI=1S/C14H19N3O2/c1-3-16(4-2)11-5-7-12(8-6-11)17-13(18)9-15-10-14(17)19/h5-8,15H,3-4,9-10H2,1-2H3. The third-order valence-electron chi connectivity index (χ3n) is 3.29. The quantitative estimate of drug-likeness (QED) is 0.821. The largest absolute Gasteiger partial charge is 0.372 e. The molecule has 0 bridgehead atoms. The minimum atomic E-state index is -0.202. The Morgan fingerprint density at radius 1 is 1.05 bits per heavy atom. The van der Waals surface area contributed by atoms with Crippen LogP contribution in [0, 0.1) is 0 Å². The second-order valence-electron chi connectivity index (χ2n) is 4.42. The summed E-state index contributed by atoms with van der Waals surface area (Å²) in [5.74, 6) is -0.404. The van der Waals surface area contributed by atoms with Gasteiger partial charge in [-0.3, -0.25) is 14.9 Å². The van der Waals surface area contributed by atoms with Gasteiger partial charge in [-0.05, 0) is 38.1 Å². The van der Waals surface area contributed by atoms with Crippen molar-refractivity contribution in [3.8, 4) is 0 Å². The minimum Gasteiger partial charge on any atom is -0.372 e. The lowest BCUT2D eigenvalue weighted by Gasteiger charge is -2.26. The van der Waals surface area contributed by atoms with E-state index in [1.54, 1.807) is 0 Å². The number of piperazine rings is 1. The van der Waals surface area contributed by atoms with Crippen molar-refractivity contribution in [3.05, 3.63) is 24.3 Å². The zero-order chi connectivity index (χ0) is 13.8. The Labute approximate surface area is 113 Å². The number of hydrogen-bond donors (Lipinski definition) is 1. The maximum Gasteiger partial charge on any atom is 0.247 e. The lowest BCUT2D eigenvalue weighted by atomic mass is 10.2. The molecule has 1 aromatic carbocycles. The van der Waals surface area contributed by atoms with E-state index >= 15 is 0 Å². The van der Waals surface area contributed by atoms with Gasteiger partial charge in [0.15, 0.2) is 0 Å². The van der Waals surface area contributed by atoms with Gasteiger partial charge in [-0.25, -0.2) is 4.90 Å². The van der Waals surface area contributed by atoms with Crippen molar-refractivity contribution < 1.29 is 9.59 Å². The van der Waals surface area contributed by atoms with Gasteiger partial charge in [0.2, 0.25) is 11.8 Å². The fourth-order valence-electron chi connectivity index (χ4n) is 2.26. The van der Waals surface area contributed by atoms with Gasteiger partial charge in [0, 0.05) is 18.8 Å². The first kappa shape index (κ1) is 13.5. The number of benzene rings is 1. The molecule has 1 heterocycles. The van der Waals surface area contributed by atoms with Gasteiger partial charge < -0.3 is 4.90 Å². The summed E-state index contributed by atoms with van der Waals surface area (Å²) >= 11 is 0. The van der Waals surface area contributed by atoms with E-state index in [-0.39, 0.29) is 24.9 Å². The molecule has 2 rings (SSSR count). The zero-order valence-electron chi connectivity index (χ0n) is 11.3. The molecule has 102 valence electrons. The molecule has 1 aliphatic heterocycles. The van der Waals surface area contributed by atoms with E-state index in [4.69, 9.17) is 0 Å². The van der Waals surface area contributed by atoms with Crippen LogP contribution < -0.4 is 15.1 Å². The lowest BCUT2D eigenvalue weighted by Crippen LogP contribution is -2.52. The van der Waals surface area contributed by atoms with Crippen LogP contribution in [0.3, 0.4) is 0 Å². The topological polar surface area (TPSA) is 52.6 Å². The molecule has 2 amide bonds. The van der Waals surface area contributed by atoms with Crippen molar-refractivity contribution in [2.75, 3.05) is 36.0 Å². The van der Waals surface area contributed by atoms with Crippen LogP contribution in [0.25, 0.3) is 0 Å². The summed E-state index contributed by atoms with van der Waals surface area (Å²) < 4.78 is 0. The normalized spacial score (nSPS) is 15.8. The van der Waals surface area contributed by atoms with Crippen LogP contribution in [-0.2, 0) is 9.59 Å². The summed E-state index contributed by atoms with van der Waals surface area (Å²) in [6.07, 6.45) is 0. The highest BCUT2D eigenvalue weighted by Gasteiger charge is 2.26. The van der Waals surface area contributed by atoms with Crippen LogP contribution in [-0.4, -0.2) is 38.0 Å². The Balaban J connectivity index is 2.22. The molecule has 0 radical (unpaired) electrons. The monoisotopic (exact) mass is 261 g/mol.